The zero-order valence-corrected chi connectivity index (χ0v) is 15.7. The van der Waals surface area contributed by atoms with Crippen molar-refractivity contribution in [2.45, 2.75) is 23.4 Å². The lowest BCUT2D eigenvalue weighted by atomic mass is 10.1. The van der Waals surface area contributed by atoms with E-state index in [-0.39, 0.29) is 47.0 Å². The molecule has 0 bridgehead atoms. The number of thioether (sulfide) groups is 1. The molecule has 11 heteroatoms. The molecule has 28 heavy (non-hydrogen) atoms. The number of hydrogen-bond acceptors (Lipinski definition) is 9. The van der Waals surface area contributed by atoms with Crippen LogP contribution in [0.15, 0.2) is 29.6 Å². The highest BCUT2D eigenvalue weighted by Gasteiger charge is 2.25. The summed E-state index contributed by atoms with van der Waals surface area (Å²) in [5.41, 5.74) is 5.26. The van der Waals surface area contributed by atoms with Gasteiger partial charge in [0.15, 0.2) is 33.8 Å². The lowest BCUT2D eigenvalue weighted by molar-refractivity contribution is 0.147. The number of halogens is 2. The van der Waals surface area contributed by atoms with Crippen molar-refractivity contribution in [2.24, 2.45) is 0 Å². The van der Waals surface area contributed by atoms with E-state index < -0.39 is 17.2 Å². The quantitative estimate of drug-likeness (QED) is 0.341. The molecule has 0 aliphatic heterocycles. The molecule has 2 aromatic heterocycles. The molecule has 0 atom stereocenters. The monoisotopic (exact) mass is 408 g/mol. The molecule has 0 unspecified atom stereocenters. The molecule has 3 aromatic rings. The smallest absolute Gasteiger partial charge is 0.192 e. The number of benzene rings is 1. The Hall–Kier alpha value is -2.63. The van der Waals surface area contributed by atoms with E-state index in [1.165, 1.54) is 18.3 Å². The van der Waals surface area contributed by atoms with Gasteiger partial charge in [0.2, 0.25) is 0 Å². The Labute approximate surface area is 163 Å². The Morgan fingerprint density at radius 1 is 1.18 bits per heavy atom. The van der Waals surface area contributed by atoms with Crippen molar-refractivity contribution in [1.82, 2.24) is 19.9 Å². The highest BCUT2D eigenvalue weighted by Crippen LogP contribution is 2.27. The van der Waals surface area contributed by atoms with Crippen LogP contribution in [0.2, 0.25) is 0 Å². The lowest BCUT2D eigenvalue weighted by Crippen LogP contribution is -2.43. The van der Waals surface area contributed by atoms with Crippen LogP contribution in [-0.4, -0.2) is 48.9 Å². The van der Waals surface area contributed by atoms with Crippen molar-refractivity contribution in [2.75, 3.05) is 24.3 Å². The zero-order valence-electron chi connectivity index (χ0n) is 14.9. The fraction of sp³-hybridized carbons (Fsp3) is 0.294. The second-order valence-electron chi connectivity index (χ2n) is 6.33. The summed E-state index contributed by atoms with van der Waals surface area (Å²) in [4.78, 5) is 16.9. The Kier molecular flexibility index (Phi) is 5.87. The SMILES string of the molecule is CC(CO)(CO)Nc1nc(SCc2cccc(F)c2F)nc2nc(N)cnc12. The first kappa shape index (κ1) is 20.1. The number of rotatable bonds is 7. The number of fused-ring (bicyclic) bond motifs is 1. The van der Waals surface area contributed by atoms with Gasteiger partial charge in [0.05, 0.1) is 24.9 Å². The maximum atomic E-state index is 13.9. The normalized spacial score (nSPS) is 11.8. The Morgan fingerprint density at radius 2 is 1.93 bits per heavy atom. The molecule has 0 spiro atoms. The molecule has 5 N–H and O–H groups in total. The number of nitrogens with one attached hydrogen (secondary N) is 1. The number of nitrogen functional groups attached to an aromatic ring is 1. The van der Waals surface area contributed by atoms with Gasteiger partial charge in [-0.3, -0.25) is 0 Å². The second-order valence-corrected chi connectivity index (χ2v) is 7.27. The van der Waals surface area contributed by atoms with E-state index in [9.17, 15) is 19.0 Å². The number of hydrogen-bond donors (Lipinski definition) is 4. The Balaban J connectivity index is 1.97. The minimum atomic E-state index is -1.07. The van der Waals surface area contributed by atoms with Gasteiger partial charge < -0.3 is 21.3 Å². The molecular formula is C17H18F2N6O2S. The first-order valence-electron chi connectivity index (χ1n) is 8.21. The number of aliphatic hydroxyl groups excluding tert-OH is 2. The summed E-state index contributed by atoms with van der Waals surface area (Å²) < 4.78 is 27.2. The van der Waals surface area contributed by atoms with Crippen molar-refractivity contribution in [3.05, 3.63) is 41.6 Å². The fourth-order valence-corrected chi connectivity index (χ4v) is 3.08. The number of aromatic nitrogens is 4. The van der Waals surface area contributed by atoms with Crippen LogP contribution in [0.4, 0.5) is 20.4 Å². The first-order valence-corrected chi connectivity index (χ1v) is 9.19. The lowest BCUT2D eigenvalue weighted by Gasteiger charge is -2.27. The molecule has 1 aromatic carbocycles. The minimum absolute atomic E-state index is 0.0849. The molecule has 0 radical (unpaired) electrons. The van der Waals surface area contributed by atoms with Crippen LogP contribution in [0.25, 0.3) is 11.2 Å². The summed E-state index contributed by atoms with van der Waals surface area (Å²) in [6.07, 6.45) is 1.33. The summed E-state index contributed by atoms with van der Waals surface area (Å²) >= 11 is 1.07. The summed E-state index contributed by atoms with van der Waals surface area (Å²) in [7, 11) is 0. The topological polar surface area (TPSA) is 130 Å². The predicted octanol–water partition coefficient (Wildman–Crippen LogP) is 1.73. The highest BCUT2D eigenvalue weighted by molar-refractivity contribution is 7.98. The molecule has 8 nitrogen and oxygen atoms in total. The molecule has 3 rings (SSSR count). The van der Waals surface area contributed by atoms with Gasteiger partial charge in [-0.15, -0.1) is 0 Å². The zero-order chi connectivity index (χ0) is 20.3. The molecule has 0 fully saturated rings. The third-order valence-corrected chi connectivity index (χ3v) is 4.81. The van der Waals surface area contributed by atoms with Crippen LogP contribution in [0.3, 0.4) is 0 Å². The van der Waals surface area contributed by atoms with Crippen LogP contribution in [0.1, 0.15) is 12.5 Å². The third kappa shape index (κ3) is 4.26. The van der Waals surface area contributed by atoms with E-state index in [0.29, 0.717) is 5.52 Å². The minimum Gasteiger partial charge on any atom is -0.394 e. The molecule has 0 amide bonds. The number of anilines is 2. The maximum Gasteiger partial charge on any atom is 0.192 e. The average Bonchev–Trinajstić information content (AvgIpc) is 2.68. The standard InChI is InChI=1S/C17H18F2N6O2S/c1-17(7-26,8-27)25-15-13-14(22-11(20)5-21-13)23-16(24-15)28-6-9-3-2-4-10(18)12(9)19/h2-5,26-27H,6-8H2,1H3,(H3,20,22,23,24,25). The Bertz CT molecular complexity index is 1000. The van der Waals surface area contributed by atoms with E-state index in [1.807, 2.05) is 0 Å². The van der Waals surface area contributed by atoms with Crippen LogP contribution >= 0.6 is 11.8 Å². The van der Waals surface area contributed by atoms with E-state index in [0.717, 1.165) is 17.8 Å². The van der Waals surface area contributed by atoms with E-state index >= 15 is 0 Å². The van der Waals surface area contributed by atoms with Gasteiger partial charge in [-0.2, -0.15) is 0 Å². The summed E-state index contributed by atoms with van der Waals surface area (Å²) in [6.45, 7) is 0.864. The molecule has 0 saturated heterocycles. The number of aliphatic hydroxyl groups is 2. The van der Waals surface area contributed by atoms with Crippen LogP contribution in [0, 0.1) is 11.6 Å². The molecule has 2 heterocycles. The molecule has 0 aliphatic carbocycles. The Morgan fingerprint density at radius 3 is 2.64 bits per heavy atom. The van der Waals surface area contributed by atoms with Crippen LogP contribution < -0.4 is 11.1 Å². The van der Waals surface area contributed by atoms with Crippen molar-refractivity contribution in [3.8, 4) is 0 Å². The predicted molar refractivity (Wildman–Crippen MR) is 102 cm³/mol. The van der Waals surface area contributed by atoms with Gasteiger partial charge in [-0.05, 0) is 13.0 Å². The van der Waals surface area contributed by atoms with Gasteiger partial charge >= 0.3 is 0 Å². The highest BCUT2D eigenvalue weighted by atomic mass is 32.2. The summed E-state index contributed by atoms with van der Waals surface area (Å²) in [6, 6.07) is 3.93. The maximum absolute atomic E-state index is 13.9. The summed E-state index contributed by atoms with van der Waals surface area (Å²) in [5.74, 6) is -1.39. The first-order chi connectivity index (χ1) is 13.3. The second kappa shape index (κ2) is 8.17. The number of nitrogens with two attached hydrogens (primary N) is 1. The molecule has 0 aliphatic rings. The van der Waals surface area contributed by atoms with E-state index in [2.05, 4.69) is 25.3 Å². The van der Waals surface area contributed by atoms with Crippen LogP contribution in [-0.2, 0) is 5.75 Å². The largest absolute Gasteiger partial charge is 0.394 e. The van der Waals surface area contributed by atoms with Crippen LogP contribution in [0.5, 0.6) is 0 Å². The number of nitrogens with zero attached hydrogens (tertiary/aromatic N) is 4. The van der Waals surface area contributed by atoms with Crippen molar-refractivity contribution < 1.29 is 19.0 Å². The van der Waals surface area contributed by atoms with Gasteiger partial charge in [0.1, 0.15) is 5.82 Å². The molecule has 148 valence electrons. The van der Waals surface area contributed by atoms with Crippen molar-refractivity contribution in [3.63, 3.8) is 0 Å². The van der Waals surface area contributed by atoms with E-state index in [4.69, 9.17) is 5.73 Å². The van der Waals surface area contributed by atoms with E-state index in [1.54, 1.807) is 6.92 Å². The summed E-state index contributed by atoms with van der Waals surface area (Å²) in [5, 5.41) is 22.2. The van der Waals surface area contributed by atoms with Gasteiger partial charge in [-0.1, -0.05) is 23.9 Å². The van der Waals surface area contributed by atoms with Gasteiger partial charge in [-0.25, -0.2) is 28.7 Å². The van der Waals surface area contributed by atoms with Gasteiger partial charge in [0, 0.05) is 11.3 Å². The molecular weight excluding hydrogens is 390 g/mol. The van der Waals surface area contributed by atoms with Crippen molar-refractivity contribution in [1.29, 1.82) is 0 Å². The third-order valence-electron chi connectivity index (χ3n) is 3.91. The van der Waals surface area contributed by atoms with Crippen molar-refractivity contribution >= 4 is 34.6 Å². The molecule has 0 saturated carbocycles. The fourth-order valence-electron chi connectivity index (χ4n) is 2.27. The average molecular weight is 408 g/mol. The van der Waals surface area contributed by atoms with Gasteiger partial charge in [0.25, 0.3) is 0 Å².